The first-order valence-corrected chi connectivity index (χ1v) is 8.65. The van der Waals surface area contributed by atoms with E-state index in [0.29, 0.717) is 25.0 Å². The molecule has 0 unspecified atom stereocenters. The van der Waals surface area contributed by atoms with E-state index >= 15 is 0 Å². The summed E-state index contributed by atoms with van der Waals surface area (Å²) < 4.78 is 16.3. The van der Waals surface area contributed by atoms with Gasteiger partial charge in [0, 0.05) is 45.2 Å². The lowest BCUT2D eigenvalue weighted by molar-refractivity contribution is 0.00189. The standard InChI is InChI=1S/C17H27N3O4/c1-19(12-15-3-2-7-24-15)17(21)18-11-16(14-4-8-23-13-14)20-5-9-22-10-6-20/h2-3,7,14,16H,4-6,8-13H2,1H3,(H,18,21)/t14-,16+/m1/s1. The number of carbonyl (C=O) groups excluding carboxylic acids is 1. The second-order valence-corrected chi connectivity index (χ2v) is 6.46. The summed E-state index contributed by atoms with van der Waals surface area (Å²) in [5, 5.41) is 3.08. The van der Waals surface area contributed by atoms with E-state index in [1.807, 2.05) is 12.1 Å². The minimum Gasteiger partial charge on any atom is -0.467 e. The molecule has 2 saturated heterocycles. The normalized spacial score (nSPS) is 23.1. The topological polar surface area (TPSA) is 67.2 Å². The van der Waals surface area contributed by atoms with Crippen LogP contribution in [0, 0.1) is 5.92 Å². The number of urea groups is 1. The number of hydrogen-bond acceptors (Lipinski definition) is 5. The van der Waals surface area contributed by atoms with Crippen molar-refractivity contribution in [1.29, 1.82) is 0 Å². The first-order valence-electron chi connectivity index (χ1n) is 8.65. The zero-order chi connectivity index (χ0) is 16.8. The van der Waals surface area contributed by atoms with Gasteiger partial charge in [0.1, 0.15) is 5.76 Å². The van der Waals surface area contributed by atoms with E-state index in [9.17, 15) is 4.79 Å². The maximum absolute atomic E-state index is 12.4. The Hall–Kier alpha value is -1.57. The van der Waals surface area contributed by atoms with Crippen molar-refractivity contribution in [3.63, 3.8) is 0 Å². The molecule has 7 heteroatoms. The number of hydrogen-bond donors (Lipinski definition) is 1. The van der Waals surface area contributed by atoms with Gasteiger partial charge in [-0.25, -0.2) is 4.79 Å². The molecule has 1 aromatic heterocycles. The van der Waals surface area contributed by atoms with Crippen LogP contribution in [-0.2, 0) is 16.0 Å². The first-order chi connectivity index (χ1) is 11.7. The van der Waals surface area contributed by atoms with Crippen LogP contribution in [0.25, 0.3) is 0 Å². The van der Waals surface area contributed by atoms with Crippen LogP contribution in [0.1, 0.15) is 12.2 Å². The Morgan fingerprint density at radius 1 is 1.38 bits per heavy atom. The number of morpholine rings is 1. The molecule has 0 spiro atoms. The molecule has 2 amide bonds. The van der Waals surface area contributed by atoms with E-state index in [0.717, 1.165) is 51.7 Å². The number of rotatable bonds is 6. The number of nitrogens with zero attached hydrogens (tertiary/aromatic N) is 2. The Bertz CT molecular complexity index is 496. The van der Waals surface area contributed by atoms with Gasteiger partial charge in [0.15, 0.2) is 0 Å². The van der Waals surface area contributed by atoms with Gasteiger partial charge in [0.25, 0.3) is 0 Å². The van der Waals surface area contributed by atoms with Crippen LogP contribution in [0.2, 0.25) is 0 Å². The summed E-state index contributed by atoms with van der Waals surface area (Å²) in [5.74, 6) is 1.25. The predicted octanol–water partition coefficient (Wildman–Crippen LogP) is 1.16. The van der Waals surface area contributed by atoms with Gasteiger partial charge in [-0.1, -0.05) is 0 Å². The highest BCUT2D eigenvalue weighted by Gasteiger charge is 2.32. The number of furan rings is 1. The molecule has 3 heterocycles. The number of carbonyl (C=O) groups is 1. The van der Waals surface area contributed by atoms with Crippen LogP contribution in [0.5, 0.6) is 0 Å². The van der Waals surface area contributed by atoms with Gasteiger partial charge in [-0.3, -0.25) is 4.90 Å². The average Bonchev–Trinajstić information content (AvgIpc) is 3.30. The maximum Gasteiger partial charge on any atom is 0.317 e. The van der Waals surface area contributed by atoms with Crippen molar-refractivity contribution in [2.75, 3.05) is 53.1 Å². The van der Waals surface area contributed by atoms with Gasteiger partial charge in [-0.05, 0) is 18.6 Å². The molecule has 0 bridgehead atoms. The summed E-state index contributed by atoms with van der Waals surface area (Å²) in [7, 11) is 1.78. The maximum atomic E-state index is 12.4. The molecular weight excluding hydrogens is 310 g/mol. The van der Waals surface area contributed by atoms with E-state index in [-0.39, 0.29) is 6.03 Å². The SMILES string of the molecule is CN(Cc1ccco1)C(=O)NC[C@@H]([C@@H]1CCOC1)N1CCOCC1. The van der Waals surface area contributed by atoms with Gasteiger partial charge in [0.05, 0.1) is 32.6 Å². The molecule has 2 fully saturated rings. The highest BCUT2D eigenvalue weighted by Crippen LogP contribution is 2.22. The molecule has 1 N–H and O–H groups in total. The monoisotopic (exact) mass is 337 g/mol. The van der Waals surface area contributed by atoms with Crippen molar-refractivity contribution in [2.45, 2.75) is 19.0 Å². The quantitative estimate of drug-likeness (QED) is 0.844. The third kappa shape index (κ3) is 4.49. The van der Waals surface area contributed by atoms with Gasteiger partial charge in [0.2, 0.25) is 0 Å². The van der Waals surface area contributed by atoms with Crippen molar-refractivity contribution in [1.82, 2.24) is 15.1 Å². The molecule has 0 aromatic carbocycles. The number of amides is 2. The fourth-order valence-corrected chi connectivity index (χ4v) is 3.39. The fourth-order valence-electron chi connectivity index (χ4n) is 3.39. The minimum atomic E-state index is -0.0800. The Labute approximate surface area is 142 Å². The van der Waals surface area contributed by atoms with Crippen molar-refractivity contribution in [3.05, 3.63) is 24.2 Å². The molecule has 2 aliphatic rings. The lowest BCUT2D eigenvalue weighted by atomic mass is 9.97. The van der Waals surface area contributed by atoms with Crippen molar-refractivity contribution in [2.24, 2.45) is 5.92 Å². The zero-order valence-electron chi connectivity index (χ0n) is 14.3. The van der Waals surface area contributed by atoms with Gasteiger partial charge < -0.3 is 24.1 Å². The Kier molecular flexibility index (Phi) is 6.12. The smallest absolute Gasteiger partial charge is 0.317 e. The molecule has 24 heavy (non-hydrogen) atoms. The third-order valence-corrected chi connectivity index (χ3v) is 4.81. The van der Waals surface area contributed by atoms with Gasteiger partial charge >= 0.3 is 6.03 Å². The van der Waals surface area contributed by atoms with Crippen molar-refractivity contribution in [3.8, 4) is 0 Å². The Morgan fingerprint density at radius 3 is 2.88 bits per heavy atom. The number of ether oxygens (including phenoxy) is 2. The zero-order valence-corrected chi connectivity index (χ0v) is 14.3. The van der Waals surface area contributed by atoms with E-state index in [2.05, 4.69) is 10.2 Å². The van der Waals surface area contributed by atoms with Crippen LogP contribution in [0.4, 0.5) is 4.79 Å². The average molecular weight is 337 g/mol. The molecule has 2 atom stereocenters. The summed E-state index contributed by atoms with van der Waals surface area (Å²) >= 11 is 0. The molecule has 1 aromatic rings. The lowest BCUT2D eigenvalue weighted by Gasteiger charge is -2.37. The molecule has 7 nitrogen and oxygen atoms in total. The summed E-state index contributed by atoms with van der Waals surface area (Å²) in [6, 6.07) is 3.92. The molecule has 134 valence electrons. The van der Waals surface area contributed by atoms with Crippen LogP contribution < -0.4 is 5.32 Å². The third-order valence-electron chi connectivity index (χ3n) is 4.81. The summed E-state index contributed by atoms with van der Waals surface area (Å²) in [6.07, 6.45) is 2.68. The Balaban J connectivity index is 1.52. The van der Waals surface area contributed by atoms with E-state index < -0.39 is 0 Å². The highest BCUT2D eigenvalue weighted by molar-refractivity contribution is 5.73. The van der Waals surface area contributed by atoms with Crippen molar-refractivity contribution < 1.29 is 18.7 Å². The first kappa shape index (κ1) is 17.3. The van der Waals surface area contributed by atoms with Crippen LogP contribution >= 0.6 is 0 Å². The summed E-state index contributed by atoms with van der Waals surface area (Å²) in [6.45, 7) is 6.05. The predicted molar refractivity (Wildman–Crippen MR) is 88.7 cm³/mol. The van der Waals surface area contributed by atoms with E-state index in [1.54, 1.807) is 18.2 Å². The molecule has 0 radical (unpaired) electrons. The van der Waals surface area contributed by atoms with Crippen LogP contribution in [-0.4, -0.2) is 75.0 Å². The molecule has 2 aliphatic heterocycles. The summed E-state index contributed by atoms with van der Waals surface area (Å²) in [4.78, 5) is 16.4. The van der Waals surface area contributed by atoms with Crippen molar-refractivity contribution >= 4 is 6.03 Å². The molecule has 0 saturated carbocycles. The second kappa shape index (κ2) is 8.50. The fraction of sp³-hybridized carbons (Fsp3) is 0.706. The van der Waals surface area contributed by atoms with E-state index in [4.69, 9.17) is 13.9 Å². The van der Waals surface area contributed by atoms with Crippen LogP contribution in [0.3, 0.4) is 0 Å². The Morgan fingerprint density at radius 2 is 2.21 bits per heavy atom. The highest BCUT2D eigenvalue weighted by atomic mass is 16.5. The van der Waals surface area contributed by atoms with Gasteiger partial charge in [-0.15, -0.1) is 0 Å². The van der Waals surface area contributed by atoms with E-state index in [1.165, 1.54) is 0 Å². The summed E-state index contributed by atoms with van der Waals surface area (Å²) in [5.41, 5.74) is 0. The second-order valence-electron chi connectivity index (χ2n) is 6.46. The van der Waals surface area contributed by atoms with Gasteiger partial charge in [-0.2, -0.15) is 0 Å². The molecule has 0 aliphatic carbocycles. The molecule has 3 rings (SSSR count). The lowest BCUT2D eigenvalue weighted by Crippen LogP contribution is -2.53. The molecular formula is C17H27N3O4. The van der Waals surface area contributed by atoms with Crippen LogP contribution in [0.15, 0.2) is 22.8 Å². The largest absolute Gasteiger partial charge is 0.467 e. The minimum absolute atomic E-state index is 0.0800. The number of nitrogens with one attached hydrogen (secondary N) is 1.